The molecule has 1 N–H and O–H groups in total. The van der Waals surface area contributed by atoms with Crippen LogP contribution in [0.15, 0.2) is 42.3 Å². The monoisotopic (exact) mass is 356 g/mol. The Balaban J connectivity index is 2.06. The number of aromatic nitrogens is 3. The second kappa shape index (κ2) is 7.67. The fourth-order valence-corrected chi connectivity index (χ4v) is 2.98. The smallest absolute Gasteiger partial charge is 0.237 e. The first-order chi connectivity index (χ1) is 10.5. The van der Waals surface area contributed by atoms with Crippen LogP contribution in [-0.4, -0.2) is 25.9 Å². The van der Waals surface area contributed by atoms with Gasteiger partial charge in [-0.3, -0.25) is 4.79 Å². The van der Waals surface area contributed by atoms with Crippen molar-refractivity contribution in [3.8, 4) is 0 Å². The first kappa shape index (κ1) is 16.9. The molecule has 8 heteroatoms. The van der Waals surface area contributed by atoms with E-state index in [9.17, 15) is 4.79 Å². The summed E-state index contributed by atoms with van der Waals surface area (Å²) in [6, 6.07) is 5.05. The van der Waals surface area contributed by atoms with Crippen molar-refractivity contribution in [3.63, 3.8) is 0 Å². The Morgan fingerprint density at radius 3 is 2.82 bits per heavy atom. The van der Waals surface area contributed by atoms with E-state index in [1.54, 1.807) is 37.5 Å². The summed E-state index contributed by atoms with van der Waals surface area (Å²) < 4.78 is 1.81. The maximum absolute atomic E-state index is 12.3. The fourth-order valence-electron chi connectivity index (χ4n) is 1.65. The first-order valence-electron chi connectivity index (χ1n) is 6.43. The number of nitrogens with zero attached hydrogens (tertiary/aromatic N) is 3. The molecule has 1 heterocycles. The highest BCUT2D eigenvalue weighted by Gasteiger charge is 2.19. The molecule has 1 amide bonds. The molecule has 22 heavy (non-hydrogen) atoms. The van der Waals surface area contributed by atoms with Crippen molar-refractivity contribution in [2.24, 2.45) is 0 Å². The molecule has 0 aliphatic carbocycles. The van der Waals surface area contributed by atoms with Gasteiger partial charge in [0.05, 0.1) is 21.0 Å². The standard InChI is InChI=1S/C14H14Cl2N4OS/c1-3-7-20-8-17-19-14(20)22-9(2)13(21)18-12-10(15)5-4-6-11(12)16/h3-6,8-9H,1,7H2,2H3,(H,18,21)/t9-/m1/s1. The van der Waals surface area contributed by atoms with Crippen molar-refractivity contribution in [2.75, 3.05) is 5.32 Å². The Morgan fingerprint density at radius 1 is 1.50 bits per heavy atom. The van der Waals surface area contributed by atoms with Crippen LogP contribution >= 0.6 is 35.0 Å². The van der Waals surface area contributed by atoms with Crippen LogP contribution in [0.1, 0.15) is 6.92 Å². The van der Waals surface area contributed by atoms with Crippen LogP contribution in [0.4, 0.5) is 5.69 Å². The Morgan fingerprint density at radius 2 is 2.18 bits per heavy atom. The maximum Gasteiger partial charge on any atom is 0.237 e. The number of hydrogen-bond donors (Lipinski definition) is 1. The molecule has 0 bridgehead atoms. The lowest BCUT2D eigenvalue weighted by atomic mass is 10.3. The largest absolute Gasteiger partial charge is 0.323 e. The van der Waals surface area contributed by atoms with Crippen molar-refractivity contribution in [3.05, 3.63) is 47.2 Å². The van der Waals surface area contributed by atoms with Crippen LogP contribution in [0.25, 0.3) is 0 Å². The SMILES string of the molecule is C=CCn1cnnc1S[C@H](C)C(=O)Nc1c(Cl)cccc1Cl. The van der Waals surface area contributed by atoms with Gasteiger partial charge in [0.1, 0.15) is 6.33 Å². The number of hydrogen-bond acceptors (Lipinski definition) is 4. The number of halogens is 2. The molecule has 116 valence electrons. The van der Waals surface area contributed by atoms with Gasteiger partial charge in [-0.25, -0.2) is 0 Å². The van der Waals surface area contributed by atoms with E-state index in [1.807, 2.05) is 4.57 Å². The van der Waals surface area contributed by atoms with Crippen molar-refractivity contribution in [2.45, 2.75) is 23.9 Å². The van der Waals surface area contributed by atoms with E-state index in [2.05, 4.69) is 22.1 Å². The first-order valence-corrected chi connectivity index (χ1v) is 8.06. The zero-order valence-electron chi connectivity index (χ0n) is 11.8. The number of carbonyl (C=O) groups is 1. The molecule has 0 unspecified atom stereocenters. The summed E-state index contributed by atoms with van der Waals surface area (Å²) in [5.74, 6) is -0.215. The van der Waals surface area contributed by atoms with E-state index in [1.165, 1.54) is 11.8 Å². The van der Waals surface area contributed by atoms with Crippen LogP contribution in [-0.2, 0) is 11.3 Å². The van der Waals surface area contributed by atoms with Crippen LogP contribution in [0.3, 0.4) is 0 Å². The summed E-state index contributed by atoms with van der Waals surface area (Å²) >= 11 is 13.4. The molecule has 0 saturated heterocycles. The van der Waals surface area contributed by atoms with Gasteiger partial charge < -0.3 is 9.88 Å². The predicted octanol–water partition coefficient (Wildman–Crippen LogP) is 3.89. The van der Waals surface area contributed by atoms with Gasteiger partial charge in [0.25, 0.3) is 0 Å². The number of allylic oxidation sites excluding steroid dienone is 1. The average molecular weight is 357 g/mol. The predicted molar refractivity (Wildman–Crippen MR) is 90.6 cm³/mol. The third kappa shape index (κ3) is 4.03. The van der Waals surface area contributed by atoms with Crippen LogP contribution in [0, 0.1) is 0 Å². The summed E-state index contributed by atoms with van der Waals surface area (Å²) in [4.78, 5) is 12.3. The molecule has 1 atom stereocenters. The molecule has 0 aliphatic heterocycles. The van der Waals surface area contributed by atoms with E-state index >= 15 is 0 Å². The van der Waals surface area contributed by atoms with E-state index < -0.39 is 0 Å². The van der Waals surface area contributed by atoms with Gasteiger partial charge >= 0.3 is 0 Å². The molecule has 1 aromatic heterocycles. The maximum atomic E-state index is 12.3. The van der Waals surface area contributed by atoms with E-state index in [-0.39, 0.29) is 11.2 Å². The van der Waals surface area contributed by atoms with Crippen molar-refractivity contribution >= 4 is 46.6 Å². The van der Waals surface area contributed by atoms with Gasteiger partial charge in [-0.15, -0.1) is 16.8 Å². The number of anilines is 1. The highest BCUT2D eigenvalue weighted by atomic mass is 35.5. The summed E-state index contributed by atoms with van der Waals surface area (Å²) in [6.07, 6.45) is 3.33. The zero-order valence-corrected chi connectivity index (χ0v) is 14.1. The third-order valence-electron chi connectivity index (χ3n) is 2.77. The van der Waals surface area contributed by atoms with Gasteiger partial charge in [0, 0.05) is 6.54 Å². The molecular weight excluding hydrogens is 343 g/mol. The minimum atomic E-state index is -0.389. The lowest BCUT2D eigenvalue weighted by molar-refractivity contribution is -0.115. The van der Waals surface area contributed by atoms with Crippen molar-refractivity contribution in [1.29, 1.82) is 0 Å². The minimum Gasteiger partial charge on any atom is -0.323 e. The number of amides is 1. The molecule has 0 radical (unpaired) electrons. The number of para-hydroxylation sites is 1. The lowest BCUT2D eigenvalue weighted by Gasteiger charge is -2.13. The quantitative estimate of drug-likeness (QED) is 0.629. The number of rotatable bonds is 6. The third-order valence-corrected chi connectivity index (χ3v) is 4.49. The summed E-state index contributed by atoms with van der Waals surface area (Å²) in [5.41, 5.74) is 0.413. The Labute approximate surface area is 142 Å². The summed E-state index contributed by atoms with van der Waals surface area (Å²) in [5, 5.41) is 11.6. The number of benzene rings is 1. The molecule has 2 aromatic rings. The highest BCUT2D eigenvalue weighted by Crippen LogP contribution is 2.31. The highest BCUT2D eigenvalue weighted by molar-refractivity contribution is 8.00. The fraction of sp³-hybridized carbons (Fsp3) is 0.214. The second-order valence-corrected chi connectivity index (χ2v) is 6.52. The van der Waals surface area contributed by atoms with E-state index in [0.717, 1.165) is 0 Å². The topological polar surface area (TPSA) is 59.8 Å². The normalized spacial score (nSPS) is 12.0. The Kier molecular flexibility index (Phi) is 5.88. The van der Waals surface area contributed by atoms with Gasteiger partial charge in [0.2, 0.25) is 5.91 Å². The summed E-state index contributed by atoms with van der Waals surface area (Å²) in [6.45, 7) is 6.03. The van der Waals surface area contributed by atoms with Crippen LogP contribution in [0.2, 0.25) is 10.0 Å². The minimum absolute atomic E-state index is 0.215. The van der Waals surface area contributed by atoms with Crippen molar-refractivity contribution < 1.29 is 4.79 Å². The lowest BCUT2D eigenvalue weighted by Crippen LogP contribution is -2.23. The molecule has 1 aromatic carbocycles. The van der Waals surface area contributed by atoms with Crippen LogP contribution < -0.4 is 5.32 Å². The van der Waals surface area contributed by atoms with Gasteiger partial charge in [-0.05, 0) is 19.1 Å². The van der Waals surface area contributed by atoms with E-state index in [4.69, 9.17) is 23.2 Å². The molecule has 0 aliphatic rings. The summed E-state index contributed by atoms with van der Waals surface area (Å²) in [7, 11) is 0. The average Bonchev–Trinajstić information content (AvgIpc) is 2.90. The molecular formula is C14H14Cl2N4OS. The molecule has 2 rings (SSSR count). The van der Waals surface area contributed by atoms with Gasteiger partial charge in [0.15, 0.2) is 5.16 Å². The Bertz CT molecular complexity index is 669. The second-order valence-electron chi connectivity index (χ2n) is 4.40. The van der Waals surface area contributed by atoms with Gasteiger partial charge in [-0.1, -0.05) is 47.1 Å². The molecule has 0 spiro atoms. The number of carbonyl (C=O) groups excluding carboxylic acids is 1. The van der Waals surface area contributed by atoms with Crippen LogP contribution in [0.5, 0.6) is 0 Å². The number of thioether (sulfide) groups is 1. The number of nitrogens with one attached hydrogen (secondary N) is 1. The molecule has 5 nitrogen and oxygen atoms in total. The molecule has 0 saturated carbocycles. The Hall–Kier alpha value is -1.50. The zero-order chi connectivity index (χ0) is 16.1. The van der Waals surface area contributed by atoms with E-state index in [0.29, 0.717) is 27.4 Å². The van der Waals surface area contributed by atoms with Crippen molar-refractivity contribution in [1.82, 2.24) is 14.8 Å². The van der Waals surface area contributed by atoms with Gasteiger partial charge in [-0.2, -0.15) is 0 Å². The molecule has 0 fully saturated rings.